The average molecular weight is 489 g/mol. The third kappa shape index (κ3) is 9.07. The topological polar surface area (TPSA) is 78.9 Å². The van der Waals surface area contributed by atoms with Crippen LogP contribution in [0.15, 0.2) is 18.2 Å². The fraction of sp³-hybridized carbons (Fsp3) is 0.667. The number of ether oxygens (including phenoxy) is 1. The molecule has 0 aliphatic heterocycles. The molecule has 0 heterocycles. The Balaban J connectivity index is 3.35. The molecule has 0 aromatic heterocycles. The lowest BCUT2D eigenvalue weighted by Crippen LogP contribution is -2.50. The summed E-state index contributed by atoms with van der Waals surface area (Å²) >= 11 is 11.9. The molecule has 1 aromatic carbocycles. The summed E-state index contributed by atoms with van der Waals surface area (Å²) in [5, 5.41) is 12.9. The van der Waals surface area contributed by atoms with Crippen LogP contribution in [-0.2, 0) is 16.0 Å². The number of carboxylic acids is 1. The average Bonchev–Trinajstić information content (AvgIpc) is 2.60. The monoisotopic (exact) mass is 488 g/mol. The lowest BCUT2D eigenvalue weighted by atomic mass is 9.74. The van der Waals surface area contributed by atoms with Crippen molar-refractivity contribution in [1.29, 1.82) is 0 Å². The van der Waals surface area contributed by atoms with E-state index in [0.29, 0.717) is 31.3 Å². The van der Waals surface area contributed by atoms with Crippen LogP contribution in [0.4, 0.5) is 10.5 Å². The van der Waals surface area contributed by atoms with Gasteiger partial charge in [0.2, 0.25) is 0 Å². The predicted octanol–water partition coefficient (Wildman–Crippen LogP) is 5.46. The molecular formula is C24H38Cl2N2O4. The van der Waals surface area contributed by atoms with Gasteiger partial charge in [-0.3, -0.25) is 4.79 Å². The van der Waals surface area contributed by atoms with Crippen LogP contribution in [0.3, 0.4) is 0 Å². The SMILES string of the molecule is Cc1ccc(N(CCCl)CCCl)cc1C[C@@H](NC(=O)OC(C)(C)C)C(C(=O)O)C(C)(C)C. The van der Waals surface area contributed by atoms with Crippen molar-refractivity contribution in [3.05, 3.63) is 29.3 Å². The second kappa shape index (κ2) is 12.0. The summed E-state index contributed by atoms with van der Waals surface area (Å²) in [6.45, 7) is 14.2. The molecule has 2 atom stereocenters. The molecule has 8 heteroatoms. The van der Waals surface area contributed by atoms with Gasteiger partial charge in [-0.05, 0) is 62.8 Å². The summed E-state index contributed by atoms with van der Waals surface area (Å²) in [7, 11) is 0. The van der Waals surface area contributed by atoms with E-state index < -0.39 is 35.0 Å². The van der Waals surface area contributed by atoms with E-state index in [2.05, 4.69) is 10.2 Å². The lowest BCUT2D eigenvalue weighted by Gasteiger charge is -2.35. The van der Waals surface area contributed by atoms with Crippen LogP contribution in [-0.4, -0.2) is 53.7 Å². The van der Waals surface area contributed by atoms with Crippen LogP contribution in [0, 0.1) is 18.3 Å². The number of aliphatic carboxylic acids is 1. The molecular weight excluding hydrogens is 451 g/mol. The van der Waals surface area contributed by atoms with E-state index >= 15 is 0 Å². The number of nitrogens with zero attached hydrogens (tertiary/aromatic N) is 1. The molecule has 0 aliphatic carbocycles. The number of carboxylic acid groups (broad SMARTS) is 1. The second-order valence-corrected chi connectivity index (χ2v) is 10.9. The number of carbonyl (C=O) groups excluding carboxylic acids is 1. The summed E-state index contributed by atoms with van der Waals surface area (Å²) in [5.74, 6) is -0.847. The Kier molecular flexibility index (Phi) is 10.6. The molecule has 0 bridgehead atoms. The van der Waals surface area contributed by atoms with E-state index in [1.165, 1.54) is 0 Å². The van der Waals surface area contributed by atoms with Gasteiger partial charge in [0.05, 0.1) is 12.0 Å². The molecule has 1 amide bonds. The summed E-state index contributed by atoms with van der Waals surface area (Å²) in [6.07, 6.45) is -0.277. The minimum absolute atomic E-state index is 0.350. The molecule has 182 valence electrons. The summed E-state index contributed by atoms with van der Waals surface area (Å²) in [5.41, 5.74) is 1.66. The number of alkyl halides is 2. The van der Waals surface area contributed by atoms with Crippen molar-refractivity contribution in [2.24, 2.45) is 11.3 Å². The van der Waals surface area contributed by atoms with Gasteiger partial charge < -0.3 is 20.1 Å². The Morgan fingerprint density at radius 3 is 2.09 bits per heavy atom. The minimum Gasteiger partial charge on any atom is -0.481 e. The van der Waals surface area contributed by atoms with Crippen molar-refractivity contribution < 1.29 is 19.4 Å². The van der Waals surface area contributed by atoms with E-state index in [4.69, 9.17) is 27.9 Å². The Morgan fingerprint density at radius 1 is 1.09 bits per heavy atom. The third-order valence-corrected chi connectivity index (χ3v) is 5.49. The first-order chi connectivity index (χ1) is 14.7. The zero-order valence-electron chi connectivity index (χ0n) is 20.3. The number of alkyl carbamates (subject to hydrolysis) is 1. The highest BCUT2D eigenvalue weighted by molar-refractivity contribution is 6.18. The molecule has 0 aliphatic rings. The lowest BCUT2D eigenvalue weighted by molar-refractivity contribution is -0.146. The summed E-state index contributed by atoms with van der Waals surface area (Å²) in [6, 6.07) is 5.37. The Labute approximate surface area is 202 Å². The largest absolute Gasteiger partial charge is 0.481 e. The maximum atomic E-state index is 12.6. The van der Waals surface area contributed by atoms with E-state index in [0.717, 1.165) is 16.8 Å². The zero-order valence-corrected chi connectivity index (χ0v) is 21.8. The van der Waals surface area contributed by atoms with Crippen LogP contribution in [0.25, 0.3) is 0 Å². The van der Waals surface area contributed by atoms with Gasteiger partial charge in [-0.1, -0.05) is 26.8 Å². The van der Waals surface area contributed by atoms with Gasteiger partial charge in [-0.2, -0.15) is 0 Å². The Morgan fingerprint density at radius 2 is 1.66 bits per heavy atom. The Hall–Kier alpha value is -1.66. The molecule has 2 N–H and O–H groups in total. The molecule has 1 unspecified atom stereocenters. The molecule has 0 saturated carbocycles. The highest BCUT2D eigenvalue weighted by Gasteiger charge is 2.39. The number of nitrogens with one attached hydrogen (secondary N) is 1. The zero-order chi connectivity index (χ0) is 24.7. The number of hydrogen-bond donors (Lipinski definition) is 2. The first kappa shape index (κ1) is 28.4. The molecule has 1 rings (SSSR count). The minimum atomic E-state index is -0.960. The van der Waals surface area contributed by atoms with Crippen molar-refractivity contribution >= 4 is 41.0 Å². The maximum absolute atomic E-state index is 12.6. The number of amides is 1. The fourth-order valence-electron chi connectivity index (χ4n) is 3.74. The van der Waals surface area contributed by atoms with Crippen molar-refractivity contribution in [3.8, 4) is 0 Å². The van der Waals surface area contributed by atoms with Gasteiger partial charge >= 0.3 is 12.1 Å². The van der Waals surface area contributed by atoms with Crippen molar-refractivity contribution in [1.82, 2.24) is 5.32 Å². The number of carbonyl (C=O) groups is 2. The van der Waals surface area contributed by atoms with Crippen molar-refractivity contribution in [2.45, 2.75) is 66.5 Å². The number of halogens is 2. The van der Waals surface area contributed by atoms with Gasteiger partial charge in [0.1, 0.15) is 5.60 Å². The number of aryl methyl sites for hydroxylation is 1. The van der Waals surface area contributed by atoms with Crippen molar-refractivity contribution in [3.63, 3.8) is 0 Å². The molecule has 0 radical (unpaired) electrons. The smallest absolute Gasteiger partial charge is 0.407 e. The van der Waals surface area contributed by atoms with Crippen molar-refractivity contribution in [2.75, 3.05) is 29.7 Å². The molecule has 0 spiro atoms. The van der Waals surface area contributed by atoms with E-state index in [1.54, 1.807) is 20.8 Å². The van der Waals surface area contributed by atoms with Gasteiger partial charge in [0, 0.05) is 30.5 Å². The Bertz CT molecular complexity index is 766. The highest BCUT2D eigenvalue weighted by Crippen LogP contribution is 2.32. The number of rotatable bonds is 10. The molecule has 0 fully saturated rings. The van der Waals surface area contributed by atoms with Crippen LogP contribution < -0.4 is 10.2 Å². The van der Waals surface area contributed by atoms with Gasteiger partial charge in [0.25, 0.3) is 0 Å². The molecule has 1 aromatic rings. The maximum Gasteiger partial charge on any atom is 0.407 e. The number of benzene rings is 1. The first-order valence-corrected chi connectivity index (χ1v) is 11.9. The van der Waals surface area contributed by atoms with E-state index in [1.807, 2.05) is 45.9 Å². The molecule has 32 heavy (non-hydrogen) atoms. The molecule has 6 nitrogen and oxygen atoms in total. The summed E-state index contributed by atoms with van der Waals surface area (Å²) < 4.78 is 5.42. The third-order valence-electron chi connectivity index (χ3n) is 5.15. The van der Waals surface area contributed by atoms with Gasteiger partial charge in [-0.25, -0.2) is 4.79 Å². The second-order valence-electron chi connectivity index (χ2n) is 10.1. The number of anilines is 1. The first-order valence-electron chi connectivity index (χ1n) is 10.9. The van der Waals surface area contributed by atoms with Crippen LogP contribution in [0.5, 0.6) is 0 Å². The normalized spacial score (nSPS) is 13.9. The van der Waals surface area contributed by atoms with Crippen LogP contribution >= 0.6 is 23.2 Å². The predicted molar refractivity (Wildman–Crippen MR) is 132 cm³/mol. The van der Waals surface area contributed by atoms with Crippen LogP contribution in [0.2, 0.25) is 0 Å². The standard InChI is InChI=1S/C24H38Cl2N2O4/c1-16-8-9-18(28(12-10-25)13-11-26)14-17(16)15-19(20(21(29)30)23(2,3)4)27-22(31)32-24(5,6)7/h8-9,14,19-20H,10-13,15H2,1-7H3,(H,27,31)(H,29,30)/t19-,20?/m1/s1. The van der Waals surface area contributed by atoms with Gasteiger partial charge in [0.15, 0.2) is 0 Å². The summed E-state index contributed by atoms with van der Waals surface area (Å²) in [4.78, 5) is 26.9. The molecule has 0 saturated heterocycles. The quantitative estimate of drug-likeness (QED) is 0.427. The number of hydrogen-bond acceptors (Lipinski definition) is 4. The van der Waals surface area contributed by atoms with E-state index in [9.17, 15) is 14.7 Å². The highest BCUT2D eigenvalue weighted by atomic mass is 35.5. The van der Waals surface area contributed by atoms with Crippen LogP contribution in [0.1, 0.15) is 52.7 Å². The van der Waals surface area contributed by atoms with Gasteiger partial charge in [-0.15, -0.1) is 23.2 Å². The fourth-order valence-corrected chi connectivity index (χ4v) is 4.15. The van der Waals surface area contributed by atoms with E-state index in [-0.39, 0.29) is 0 Å².